The lowest BCUT2D eigenvalue weighted by atomic mass is 10.0. The third-order valence-corrected chi connectivity index (χ3v) is 3.16. The van der Waals surface area contributed by atoms with Crippen LogP contribution in [0.2, 0.25) is 0 Å². The summed E-state index contributed by atoms with van der Waals surface area (Å²) in [5, 5.41) is 21.2. The molecule has 3 N–H and O–H groups in total. The SMILES string of the molecule is CC(CCC(=O)O)NC(C)CCc1ccc(O)cc1. The van der Waals surface area contributed by atoms with Crippen molar-refractivity contribution < 1.29 is 15.0 Å². The van der Waals surface area contributed by atoms with Gasteiger partial charge in [-0.15, -0.1) is 0 Å². The molecule has 19 heavy (non-hydrogen) atoms. The number of aliphatic carboxylic acids is 1. The second-order valence-corrected chi connectivity index (χ2v) is 5.11. The summed E-state index contributed by atoms with van der Waals surface area (Å²) in [6.07, 6.45) is 2.79. The van der Waals surface area contributed by atoms with Crippen LogP contribution < -0.4 is 5.32 Å². The number of benzene rings is 1. The predicted molar refractivity (Wildman–Crippen MR) is 75.4 cm³/mol. The summed E-state index contributed by atoms with van der Waals surface area (Å²) in [5.41, 5.74) is 1.20. The molecule has 4 heteroatoms. The van der Waals surface area contributed by atoms with Gasteiger partial charge in [0.1, 0.15) is 5.75 Å². The summed E-state index contributed by atoms with van der Waals surface area (Å²) in [4.78, 5) is 10.5. The topological polar surface area (TPSA) is 69.6 Å². The van der Waals surface area contributed by atoms with E-state index < -0.39 is 5.97 Å². The molecule has 0 amide bonds. The zero-order valence-corrected chi connectivity index (χ0v) is 11.6. The van der Waals surface area contributed by atoms with Crippen LogP contribution in [0.4, 0.5) is 0 Å². The Morgan fingerprint density at radius 2 is 1.74 bits per heavy atom. The standard InChI is InChI=1S/C15H23NO3/c1-11(16-12(2)4-10-15(18)19)3-5-13-6-8-14(17)9-7-13/h6-9,11-12,16-17H,3-5,10H2,1-2H3,(H,18,19). The maximum atomic E-state index is 10.5. The normalized spacial score (nSPS) is 14.0. The van der Waals surface area contributed by atoms with Crippen LogP contribution in [-0.4, -0.2) is 28.3 Å². The van der Waals surface area contributed by atoms with Gasteiger partial charge in [0, 0.05) is 18.5 Å². The van der Waals surface area contributed by atoms with Gasteiger partial charge < -0.3 is 15.5 Å². The minimum atomic E-state index is -0.745. The van der Waals surface area contributed by atoms with Crippen molar-refractivity contribution >= 4 is 5.97 Å². The fourth-order valence-corrected chi connectivity index (χ4v) is 2.04. The number of phenolic OH excluding ortho intramolecular Hbond substituents is 1. The Balaban J connectivity index is 2.25. The van der Waals surface area contributed by atoms with E-state index in [-0.39, 0.29) is 18.2 Å². The van der Waals surface area contributed by atoms with Crippen molar-refractivity contribution in [2.45, 2.75) is 51.6 Å². The van der Waals surface area contributed by atoms with Crippen molar-refractivity contribution in [3.8, 4) is 5.75 Å². The first kappa shape index (κ1) is 15.5. The molecule has 0 fully saturated rings. The number of aromatic hydroxyl groups is 1. The van der Waals surface area contributed by atoms with Crippen LogP contribution in [-0.2, 0) is 11.2 Å². The highest BCUT2D eigenvalue weighted by molar-refractivity contribution is 5.66. The Morgan fingerprint density at radius 1 is 1.16 bits per heavy atom. The quantitative estimate of drug-likeness (QED) is 0.675. The molecule has 0 heterocycles. The molecular formula is C15H23NO3. The van der Waals surface area contributed by atoms with E-state index in [1.165, 1.54) is 5.56 Å². The van der Waals surface area contributed by atoms with Gasteiger partial charge in [-0.25, -0.2) is 0 Å². The number of nitrogens with one attached hydrogen (secondary N) is 1. The summed E-state index contributed by atoms with van der Waals surface area (Å²) < 4.78 is 0. The van der Waals surface area contributed by atoms with E-state index in [9.17, 15) is 9.90 Å². The van der Waals surface area contributed by atoms with Crippen LogP contribution in [0.1, 0.15) is 38.7 Å². The van der Waals surface area contributed by atoms with Crippen LogP contribution in [0, 0.1) is 0 Å². The molecule has 0 bridgehead atoms. The van der Waals surface area contributed by atoms with Crippen molar-refractivity contribution in [1.82, 2.24) is 5.32 Å². The summed E-state index contributed by atoms with van der Waals surface area (Å²) in [6, 6.07) is 7.81. The van der Waals surface area contributed by atoms with E-state index in [0.717, 1.165) is 12.8 Å². The van der Waals surface area contributed by atoms with Crippen molar-refractivity contribution in [1.29, 1.82) is 0 Å². The van der Waals surface area contributed by atoms with Crippen LogP contribution in [0.15, 0.2) is 24.3 Å². The smallest absolute Gasteiger partial charge is 0.303 e. The van der Waals surface area contributed by atoms with Crippen LogP contribution in [0.3, 0.4) is 0 Å². The highest BCUT2D eigenvalue weighted by atomic mass is 16.4. The minimum absolute atomic E-state index is 0.207. The maximum Gasteiger partial charge on any atom is 0.303 e. The number of rotatable bonds is 8. The third-order valence-electron chi connectivity index (χ3n) is 3.16. The first-order valence-corrected chi connectivity index (χ1v) is 6.73. The summed E-state index contributed by atoms with van der Waals surface area (Å²) in [7, 11) is 0. The number of carbonyl (C=O) groups is 1. The maximum absolute atomic E-state index is 10.5. The summed E-state index contributed by atoms with van der Waals surface area (Å²) in [6.45, 7) is 4.12. The van der Waals surface area contributed by atoms with Gasteiger partial charge in [-0.1, -0.05) is 12.1 Å². The molecule has 0 saturated carbocycles. The average Bonchev–Trinajstić information content (AvgIpc) is 2.36. The lowest BCUT2D eigenvalue weighted by Gasteiger charge is -2.19. The average molecular weight is 265 g/mol. The van der Waals surface area contributed by atoms with Gasteiger partial charge in [0.15, 0.2) is 0 Å². The molecule has 0 radical (unpaired) electrons. The largest absolute Gasteiger partial charge is 0.508 e. The van der Waals surface area contributed by atoms with Crippen molar-refractivity contribution in [2.24, 2.45) is 0 Å². The number of hydrogen-bond donors (Lipinski definition) is 3. The molecule has 4 nitrogen and oxygen atoms in total. The molecule has 0 aliphatic heterocycles. The molecule has 1 aromatic rings. The Hall–Kier alpha value is -1.55. The van der Waals surface area contributed by atoms with Gasteiger partial charge in [-0.3, -0.25) is 4.79 Å². The third kappa shape index (κ3) is 6.82. The van der Waals surface area contributed by atoms with Crippen molar-refractivity contribution in [3.05, 3.63) is 29.8 Å². The Labute approximate surface area is 114 Å². The summed E-state index contributed by atoms with van der Waals surface area (Å²) in [5.74, 6) is -0.456. The Kier molecular flexibility index (Phi) is 6.36. The molecule has 0 aliphatic rings. The molecular weight excluding hydrogens is 242 g/mol. The highest BCUT2D eigenvalue weighted by Gasteiger charge is 2.09. The molecule has 2 atom stereocenters. The molecule has 0 saturated heterocycles. The molecule has 106 valence electrons. The molecule has 0 aromatic heterocycles. The molecule has 1 aromatic carbocycles. The van der Waals surface area contributed by atoms with Gasteiger partial charge in [0.2, 0.25) is 0 Å². The monoisotopic (exact) mass is 265 g/mol. The van der Waals surface area contributed by atoms with Gasteiger partial charge in [0.25, 0.3) is 0 Å². The zero-order chi connectivity index (χ0) is 14.3. The van der Waals surface area contributed by atoms with E-state index in [4.69, 9.17) is 5.11 Å². The van der Waals surface area contributed by atoms with E-state index in [2.05, 4.69) is 12.2 Å². The van der Waals surface area contributed by atoms with Crippen molar-refractivity contribution in [3.63, 3.8) is 0 Å². The fourth-order valence-electron chi connectivity index (χ4n) is 2.04. The molecule has 2 unspecified atom stereocenters. The van der Waals surface area contributed by atoms with Crippen LogP contribution in [0.5, 0.6) is 5.75 Å². The number of carboxylic acid groups (broad SMARTS) is 1. The second-order valence-electron chi connectivity index (χ2n) is 5.11. The predicted octanol–water partition coefficient (Wildman–Crippen LogP) is 2.56. The lowest BCUT2D eigenvalue weighted by molar-refractivity contribution is -0.137. The van der Waals surface area contributed by atoms with E-state index in [0.29, 0.717) is 12.5 Å². The van der Waals surface area contributed by atoms with Gasteiger partial charge in [-0.2, -0.15) is 0 Å². The summed E-state index contributed by atoms with van der Waals surface area (Å²) >= 11 is 0. The van der Waals surface area contributed by atoms with E-state index in [1.54, 1.807) is 12.1 Å². The number of phenols is 1. The van der Waals surface area contributed by atoms with Gasteiger partial charge >= 0.3 is 5.97 Å². The first-order valence-electron chi connectivity index (χ1n) is 6.73. The Morgan fingerprint density at radius 3 is 2.32 bits per heavy atom. The van der Waals surface area contributed by atoms with Gasteiger partial charge in [0.05, 0.1) is 0 Å². The number of aryl methyl sites for hydroxylation is 1. The van der Waals surface area contributed by atoms with E-state index >= 15 is 0 Å². The molecule has 0 spiro atoms. The zero-order valence-electron chi connectivity index (χ0n) is 11.6. The lowest BCUT2D eigenvalue weighted by Crippen LogP contribution is -2.35. The van der Waals surface area contributed by atoms with Gasteiger partial charge in [-0.05, 0) is 50.8 Å². The molecule has 0 aliphatic carbocycles. The number of hydrogen-bond acceptors (Lipinski definition) is 3. The van der Waals surface area contributed by atoms with Crippen LogP contribution >= 0.6 is 0 Å². The molecule has 1 rings (SSSR count). The van der Waals surface area contributed by atoms with Crippen LogP contribution in [0.25, 0.3) is 0 Å². The fraction of sp³-hybridized carbons (Fsp3) is 0.533. The van der Waals surface area contributed by atoms with Crippen molar-refractivity contribution in [2.75, 3.05) is 0 Å². The Bertz CT molecular complexity index is 389. The first-order chi connectivity index (χ1) is 8.97. The highest BCUT2D eigenvalue weighted by Crippen LogP contribution is 2.12. The minimum Gasteiger partial charge on any atom is -0.508 e. The second kappa shape index (κ2) is 7.79. The number of carboxylic acids is 1. The van der Waals surface area contributed by atoms with E-state index in [1.807, 2.05) is 19.1 Å².